The van der Waals surface area contributed by atoms with Crippen molar-refractivity contribution in [3.05, 3.63) is 28.8 Å². The van der Waals surface area contributed by atoms with E-state index >= 15 is 0 Å². The van der Waals surface area contributed by atoms with Gasteiger partial charge in [0.1, 0.15) is 0 Å². The molecule has 0 bridgehead atoms. The normalized spacial score (nSPS) is 21.9. The van der Waals surface area contributed by atoms with Crippen LogP contribution < -0.4 is 10.0 Å². The van der Waals surface area contributed by atoms with E-state index in [9.17, 15) is 13.2 Å². The molecule has 0 spiro atoms. The largest absolute Gasteiger partial charge is 0.353 e. The molecule has 2 N–H and O–H groups in total. The molecule has 1 aliphatic heterocycles. The maximum absolute atomic E-state index is 11.9. The number of hydrogen-bond donors (Lipinski definition) is 2. The lowest BCUT2D eigenvalue weighted by Crippen LogP contribution is -2.48. The van der Waals surface area contributed by atoms with Crippen LogP contribution in [0.3, 0.4) is 0 Å². The Kier molecular flexibility index (Phi) is 4.30. The third-order valence-electron chi connectivity index (χ3n) is 3.32. The summed E-state index contributed by atoms with van der Waals surface area (Å²) in [6, 6.07) is 4.29. The minimum absolute atomic E-state index is 0.0567. The Balaban J connectivity index is 2.29. The second-order valence-corrected chi connectivity index (χ2v) is 7.73. The zero-order valence-corrected chi connectivity index (χ0v) is 13.5. The van der Waals surface area contributed by atoms with E-state index < -0.39 is 21.7 Å². The Hall–Kier alpha value is -1.15. The molecule has 1 heterocycles. The highest BCUT2D eigenvalue weighted by molar-refractivity contribution is 7.89. The molecule has 1 fully saturated rings. The van der Waals surface area contributed by atoms with Crippen molar-refractivity contribution < 1.29 is 17.9 Å². The summed E-state index contributed by atoms with van der Waals surface area (Å²) in [7, 11) is -2.24. The van der Waals surface area contributed by atoms with E-state index in [4.69, 9.17) is 16.3 Å². The van der Waals surface area contributed by atoms with Crippen molar-refractivity contribution in [2.24, 2.45) is 5.41 Å². The van der Waals surface area contributed by atoms with Crippen LogP contribution in [0.25, 0.3) is 0 Å². The fraction of sp³-hybridized carbons (Fsp3) is 0.462. The maximum Gasteiger partial charge on any atom is 0.240 e. The monoisotopic (exact) mass is 332 g/mol. The summed E-state index contributed by atoms with van der Waals surface area (Å²) >= 11 is 6.12. The average molecular weight is 333 g/mol. The van der Waals surface area contributed by atoms with Gasteiger partial charge in [-0.3, -0.25) is 4.79 Å². The molecule has 0 saturated carbocycles. The standard InChI is InChI=1S/C13H17ClN2O4S/c1-13(2)7-20-11(16-12(13)17)9-5-4-8(6-10(9)14)21(18,19)15-3/h4-6,11,15H,7H2,1-3H3,(H,16,17). The average Bonchev–Trinajstić information content (AvgIpc) is 2.42. The third kappa shape index (κ3) is 3.21. The molecule has 0 radical (unpaired) electrons. The molecule has 1 aromatic carbocycles. The summed E-state index contributed by atoms with van der Waals surface area (Å²) in [4.78, 5) is 12.0. The van der Waals surface area contributed by atoms with Crippen LogP contribution in [0.5, 0.6) is 0 Å². The van der Waals surface area contributed by atoms with Crippen LogP contribution >= 0.6 is 11.6 Å². The molecule has 1 atom stereocenters. The highest BCUT2D eigenvalue weighted by Gasteiger charge is 2.36. The number of sulfonamides is 1. The van der Waals surface area contributed by atoms with Gasteiger partial charge >= 0.3 is 0 Å². The lowest BCUT2D eigenvalue weighted by molar-refractivity contribution is -0.150. The molecular weight excluding hydrogens is 316 g/mol. The molecule has 21 heavy (non-hydrogen) atoms. The quantitative estimate of drug-likeness (QED) is 0.876. The van der Waals surface area contributed by atoms with Crippen molar-refractivity contribution in [2.45, 2.75) is 25.0 Å². The molecule has 116 valence electrons. The van der Waals surface area contributed by atoms with Crippen LogP contribution in [0.1, 0.15) is 25.6 Å². The predicted octanol–water partition coefficient (Wildman–Crippen LogP) is 1.42. The van der Waals surface area contributed by atoms with Crippen LogP contribution in [-0.4, -0.2) is 28.0 Å². The summed E-state index contributed by atoms with van der Waals surface area (Å²) < 4.78 is 31.2. The van der Waals surface area contributed by atoms with Gasteiger partial charge in [-0.1, -0.05) is 17.7 Å². The first kappa shape index (κ1) is 16.2. The number of hydrogen-bond acceptors (Lipinski definition) is 4. The second kappa shape index (κ2) is 5.57. The molecule has 0 aromatic heterocycles. The lowest BCUT2D eigenvalue weighted by atomic mass is 9.92. The van der Waals surface area contributed by atoms with E-state index in [2.05, 4.69) is 10.0 Å². The van der Waals surface area contributed by atoms with Gasteiger partial charge in [-0.05, 0) is 33.0 Å². The van der Waals surface area contributed by atoms with Gasteiger partial charge in [0.2, 0.25) is 15.9 Å². The van der Waals surface area contributed by atoms with Gasteiger partial charge in [0.25, 0.3) is 0 Å². The van der Waals surface area contributed by atoms with Crippen molar-refractivity contribution in [3.8, 4) is 0 Å². The van der Waals surface area contributed by atoms with Crippen molar-refractivity contribution >= 4 is 27.5 Å². The summed E-state index contributed by atoms with van der Waals surface area (Å²) in [5.41, 5.74) is -0.0751. The maximum atomic E-state index is 11.9. The zero-order chi connectivity index (χ0) is 15.8. The molecule has 1 amide bonds. The van der Waals surface area contributed by atoms with Crippen LogP contribution in [0.4, 0.5) is 0 Å². The Bertz CT molecular complexity index is 673. The second-order valence-electron chi connectivity index (χ2n) is 5.44. The number of carbonyl (C=O) groups excluding carboxylic acids is 1. The van der Waals surface area contributed by atoms with Gasteiger partial charge in [0, 0.05) is 10.6 Å². The highest BCUT2D eigenvalue weighted by Crippen LogP contribution is 2.32. The van der Waals surface area contributed by atoms with Crippen molar-refractivity contribution in [1.29, 1.82) is 0 Å². The molecule has 6 nitrogen and oxygen atoms in total. The molecule has 1 unspecified atom stereocenters. The predicted molar refractivity (Wildman–Crippen MR) is 78.3 cm³/mol. The first-order valence-corrected chi connectivity index (χ1v) is 8.19. The highest BCUT2D eigenvalue weighted by atomic mass is 35.5. The molecule has 1 aromatic rings. The number of halogens is 1. The van der Waals surface area contributed by atoms with Crippen LogP contribution in [0.2, 0.25) is 5.02 Å². The number of rotatable bonds is 3. The molecule has 8 heteroatoms. The van der Waals surface area contributed by atoms with Gasteiger partial charge in [-0.15, -0.1) is 0 Å². The first-order chi connectivity index (χ1) is 9.67. The van der Waals surface area contributed by atoms with Gasteiger partial charge in [-0.25, -0.2) is 13.1 Å². The Morgan fingerprint density at radius 2 is 2.10 bits per heavy atom. The SMILES string of the molecule is CNS(=O)(=O)c1ccc(C2NC(=O)C(C)(C)CO2)c(Cl)c1. The number of amides is 1. The fourth-order valence-electron chi connectivity index (χ4n) is 1.89. The first-order valence-electron chi connectivity index (χ1n) is 6.33. The summed E-state index contributed by atoms with van der Waals surface area (Å²) in [6.07, 6.45) is -0.677. The van der Waals surface area contributed by atoms with Gasteiger partial charge < -0.3 is 10.1 Å². The number of carbonyl (C=O) groups is 1. The smallest absolute Gasteiger partial charge is 0.240 e. The van der Waals surface area contributed by atoms with E-state index in [0.29, 0.717) is 5.56 Å². The number of benzene rings is 1. The van der Waals surface area contributed by atoms with Gasteiger partial charge in [-0.2, -0.15) is 0 Å². The van der Waals surface area contributed by atoms with Crippen molar-refractivity contribution in [3.63, 3.8) is 0 Å². The lowest BCUT2D eigenvalue weighted by Gasteiger charge is -2.34. The van der Waals surface area contributed by atoms with Gasteiger partial charge in [0.15, 0.2) is 6.23 Å². The Morgan fingerprint density at radius 1 is 1.43 bits per heavy atom. The minimum Gasteiger partial charge on any atom is -0.353 e. The van der Waals surface area contributed by atoms with E-state index in [0.717, 1.165) is 0 Å². The van der Waals surface area contributed by atoms with Gasteiger partial charge in [0.05, 0.1) is 16.9 Å². The molecule has 1 aliphatic rings. The Labute approximate surface area is 128 Å². The van der Waals surface area contributed by atoms with Crippen molar-refractivity contribution in [2.75, 3.05) is 13.7 Å². The number of nitrogens with one attached hydrogen (secondary N) is 2. The van der Waals surface area contributed by atoms with E-state index in [1.807, 2.05) is 0 Å². The van der Waals surface area contributed by atoms with E-state index in [1.54, 1.807) is 13.8 Å². The van der Waals surface area contributed by atoms with E-state index in [-0.39, 0.29) is 22.4 Å². The summed E-state index contributed by atoms with van der Waals surface area (Å²) in [5.74, 6) is -0.137. The zero-order valence-electron chi connectivity index (χ0n) is 11.9. The molecule has 0 aliphatic carbocycles. The Morgan fingerprint density at radius 3 is 2.62 bits per heavy atom. The van der Waals surface area contributed by atoms with Crippen molar-refractivity contribution in [1.82, 2.24) is 10.0 Å². The molecular formula is C13H17ClN2O4S. The third-order valence-corrected chi connectivity index (χ3v) is 5.06. The topological polar surface area (TPSA) is 84.5 Å². The van der Waals surface area contributed by atoms with Crippen LogP contribution in [-0.2, 0) is 19.6 Å². The summed E-state index contributed by atoms with van der Waals surface area (Å²) in [5, 5.41) is 2.94. The number of ether oxygens (including phenoxy) is 1. The minimum atomic E-state index is -3.56. The van der Waals surface area contributed by atoms with Crippen LogP contribution in [0.15, 0.2) is 23.1 Å². The summed E-state index contributed by atoms with van der Waals surface area (Å²) in [6.45, 7) is 3.82. The molecule has 2 rings (SSSR count). The molecule has 1 saturated heterocycles. The van der Waals surface area contributed by atoms with E-state index in [1.165, 1.54) is 25.2 Å². The van der Waals surface area contributed by atoms with Crippen LogP contribution in [0, 0.1) is 5.41 Å². The fourth-order valence-corrected chi connectivity index (χ4v) is 2.99.